The quantitative estimate of drug-likeness (QED) is 0.514. The van der Waals surface area contributed by atoms with E-state index in [1.807, 2.05) is 0 Å². The van der Waals surface area contributed by atoms with E-state index in [4.69, 9.17) is 22.1 Å². The molecule has 178 valence electrons. The second-order valence-corrected chi connectivity index (χ2v) is 9.80. The van der Waals surface area contributed by atoms with Gasteiger partial charge in [0.2, 0.25) is 5.91 Å². The molecule has 35 heavy (non-hydrogen) atoms. The number of carbonyl (C=O) groups excluding carboxylic acids is 2. The van der Waals surface area contributed by atoms with E-state index in [-0.39, 0.29) is 46.0 Å². The van der Waals surface area contributed by atoms with Crippen LogP contribution in [0.1, 0.15) is 22.3 Å². The van der Waals surface area contributed by atoms with Crippen LogP contribution >= 0.6 is 22.9 Å². The number of anilines is 1. The molecule has 2 amide bonds. The molecule has 2 N–H and O–H groups in total. The van der Waals surface area contributed by atoms with Gasteiger partial charge in [0, 0.05) is 41.7 Å². The molecule has 1 aromatic heterocycles. The van der Waals surface area contributed by atoms with E-state index < -0.39 is 11.7 Å². The van der Waals surface area contributed by atoms with Crippen molar-refractivity contribution in [3.63, 3.8) is 0 Å². The SMILES string of the molecule is C=CC(=O)N1CCN2C(=O)c3cc(F)c(-c4cccc5sc(N)c(C#N)c45)c(Cl)c3OCC[C@H]2C1. The predicted molar refractivity (Wildman–Crippen MR) is 133 cm³/mol. The van der Waals surface area contributed by atoms with Crippen LogP contribution in [0.3, 0.4) is 0 Å². The molecule has 0 bridgehead atoms. The van der Waals surface area contributed by atoms with Crippen molar-refractivity contribution in [3.05, 3.63) is 58.9 Å². The number of thiophene rings is 1. The highest BCUT2D eigenvalue weighted by Gasteiger charge is 2.36. The summed E-state index contributed by atoms with van der Waals surface area (Å²) in [5.41, 5.74) is 6.77. The van der Waals surface area contributed by atoms with Gasteiger partial charge in [-0.3, -0.25) is 9.59 Å². The van der Waals surface area contributed by atoms with Gasteiger partial charge in [-0.1, -0.05) is 30.3 Å². The number of amides is 2. The van der Waals surface area contributed by atoms with E-state index in [0.717, 1.165) is 10.8 Å². The number of fused-ring (bicyclic) bond motifs is 3. The Bertz CT molecular complexity index is 1450. The van der Waals surface area contributed by atoms with Gasteiger partial charge < -0.3 is 20.3 Å². The van der Waals surface area contributed by atoms with Gasteiger partial charge in [-0.05, 0) is 23.8 Å². The van der Waals surface area contributed by atoms with Crippen LogP contribution in [0.2, 0.25) is 5.02 Å². The van der Waals surface area contributed by atoms with Crippen LogP contribution in [0.4, 0.5) is 9.39 Å². The Morgan fingerprint density at radius 3 is 2.91 bits per heavy atom. The molecular formula is C25H20ClFN4O3S. The minimum absolute atomic E-state index is 0.0296. The number of nitriles is 1. The molecule has 2 aromatic carbocycles. The number of hydrogen-bond acceptors (Lipinski definition) is 6. The molecule has 0 unspecified atom stereocenters. The largest absolute Gasteiger partial charge is 0.491 e. The average molecular weight is 511 g/mol. The Balaban J connectivity index is 1.61. The number of nitrogen functional groups attached to an aromatic ring is 1. The lowest BCUT2D eigenvalue weighted by Gasteiger charge is -2.42. The highest BCUT2D eigenvalue weighted by molar-refractivity contribution is 7.23. The summed E-state index contributed by atoms with van der Waals surface area (Å²) in [5, 5.41) is 10.5. The summed E-state index contributed by atoms with van der Waals surface area (Å²) in [6.45, 7) is 4.76. The number of carbonyl (C=O) groups is 2. The molecule has 0 aliphatic carbocycles. The van der Waals surface area contributed by atoms with Crippen molar-refractivity contribution in [1.82, 2.24) is 9.80 Å². The summed E-state index contributed by atoms with van der Waals surface area (Å²) in [6, 6.07) is 8.18. The van der Waals surface area contributed by atoms with E-state index >= 15 is 4.39 Å². The zero-order chi connectivity index (χ0) is 24.9. The monoisotopic (exact) mass is 510 g/mol. The van der Waals surface area contributed by atoms with Crippen molar-refractivity contribution in [2.24, 2.45) is 0 Å². The molecular weight excluding hydrogens is 491 g/mol. The first kappa shape index (κ1) is 23.1. The summed E-state index contributed by atoms with van der Waals surface area (Å²) < 4.78 is 22.3. The fourth-order valence-electron chi connectivity index (χ4n) is 4.78. The van der Waals surface area contributed by atoms with Gasteiger partial charge in [-0.15, -0.1) is 11.3 Å². The van der Waals surface area contributed by atoms with Crippen molar-refractivity contribution in [1.29, 1.82) is 5.26 Å². The first-order chi connectivity index (χ1) is 16.8. The molecule has 1 saturated heterocycles. The van der Waals surface area contributed by atoms with Gasteiger partial charge in [-0.25, -0.2) is 4.39 Å². The first-order valence-electron chi connectivity index (χ1n) is 10.9. The van der Waals surface area contributed by atoms with Gasteiger partial charge in [-0.2, -0.15) is 5.26 Å². The lowest BCUT2D eigenvalue weighted by Crippen LogP contribution is -2.57. The number of halogens is 2. The van der Waals surface area contributed by atoms with E-state index in [9.17, 15) is 14.9 Å². The molecule has 0 spiro atoms. The minimum atomic E-state index is -0.704. The number of rotatable bonds is 2. The van der Waals surface area contributed by atoms with Crippen molar-refractivity contribution in [3.8, 4) is 22.9 Å². The highest BCUT2D eigenvalue weighted by Crippen LogP contribution is 2.46. The summed E-state index contributed by atoms with van der Waals surface area (Å²) in [6.07, 6.45) is 1.73. The molecule has 10 heteroatoms. The third-order valence-electron chi connectivity index (χ3n) is 6.45. The summed E-state index contributed by atoms with van der Waals surface area (Å²) in [5.74, 6) is -1.20. The van der Waals surface area contributed by atoms with Gasteiger partial charge in [0.15, 0.2) is 5.75 Å². The fourth-order valence-corrected chi connectivity index (χ4v) is 6.08. The third kappa shape index (κ3) is 3.70. The maximum absolute atomic E-state index is 15.7. The molecule has 2 aliphatic heterocycles. The standard InChI is InChI=1S/C25H20ClFN4O3S/c1-2-19(32)30-7-8-31-13(12-30)6-9-34-23-15(25(31)33)10-17(27)21(22(23)26)14-4-3-5-18-20(14)16(11-28)24(29)35-18/h2-5,10,13H,1,6-9,12,29H2/t13-/m0/s1. The number of nitrogens with two attached hydrogens (primary N) is 1. The summed E-state index contributed by atoms with van der Waals surface area (Å²) in [7, 11) is 0. The third-order valence-corrected chi connectivity index (χ3v) is 7.80. The summed E-state index contributed by atoms with van der Waals surface area (Å²) in [4.78, 5) is 28.8. The molecule has 2 aliphatic rings. The van der Waals surface area contributed by atoms with Crippen molar-refractivity contribution < 1.29 is 18.7 Å². The van der Waals surface area contributed by atoms with Crippen LogP contribution < -0.4 is 10.5 Å². The molecule has 0 radical (unpaired) electrons. The van der Waals surface area contributed by atoms with Crippen molar-refractivity contribution in [2.45, 2.75) is 12.5 Å². The zero-order valence-electron chi connectivity index (χ0n) is 18.5. The number of ether oxygens (including phenoxy) is 1. The molecule has 5 rings (SSSR count). The maximum Gasteiger partial charge on any atom is 0.258 e. The van der Waals surface area contributed by atoms with Crippen molar-refractivity contribution >= 4 is 49.8 Å². The van der Waals surface area contributed by atoms with E-state index in [1.54, 1.807) is 28.0 Å². The fraction of sp³-hybridized carbons (Fsp3) is 0.240. The van der Waals surface area contributed by atoms with Gasteiger partial charge in [0.05, 0.1) is 28.8 Å². The molecule has 1 atom stereocenters. The number of piperazine rings is 1. The van der Waals surface area contributed by atoms with Gasteiger partial charge in [0.25, 0.3) is 5.91 Å². The van der Waals surface area contributed by atoms with E-state index in [0.29, 0.717) is 42.0 Å². The molecule has 1 fully saturated rings. The molecule has 3 heterocycles. The van der Waals surface area contributed by atoms with E-state index in [2.05, 4.69) is 12.6 Å². The maximum atomic E-state index is 15.7. The lowest BCUT2D eigenvalue weighted by molar-refractivity contribution is -0.128. The van der Waals surface area contributed by atoms with Crippen LogP contribution in [0, 0.1) is 17.1 Å². The number of nitrogens with zero attached hydrogens (tertiary/aromatic N) is 3. The Labute approximate surface area is 209 Å². The smallest absolute Gasteiger partial charge is 0.258 e. The van der Waals surface area contributed by atoms with Gasteiger partial charge >= 0.3 is 0 Å². The van der Waals surface area contributed by atoms with Crippen LogP contribution in [-0.4, -0.2) is 53.9 Å². The van der Waals surface area contributed by atoms with Crippen LogP contribution in [0.15, 0.2) is 36.9 Å². The molecule has 0 saturated carbocycles. The van der Waals surface area contributed by atoms with Crippen molar-refractivity contribution in [2.75, 3.05) is 32.0 Å². The topological polar surface area (TPSA) is 99.7 Å². The van der Waals surface area contributed by atoms with Gasteiger partial charge in [0.1, 0.15) is 16.9 Å². The Morgan fingerprint density at radius 2 is 2.17 bits per heavy atom. The Kier molecular flexibility index (Phi) is 5.87. The predicted octanol–water partition coefficient (Wildman–Crippen LogP) is 4.44. The average Bonchev–Trinajstić information content (AvgIpc) is 3.18. The second-order valence-electron chi connectivity index (χ2n) is 8.33. The minimum Gasteiger partial charge on any atom is -0.491 e. The second kappa shape index (κ2) is 8.87. The van der Waals surface area contributed by atoms with Crippen LogP contribution in [0.25, 0.3) is 21.2 Å². The normalized spacial score (nSPS) is 17.6. The molecule has 3 aromatic rings. The number of hydrogen-bond donors (Lipinski definition) is 1. The molecule has 7 nitrogen and oxygen atoms in total. The Morgan fingerprint density at radius 1 is 1.37 bits per heavy atom. The highest BCUT2D eigenvalue weighted by atomic mass is 35.5. The first-order valence-corrected chi connectivity index (χ1v) is 12.1. The zero-order valence-corrected chi connectivity index (χ0v) is 20.1. The summed E-state index contributed by atoms with van der Waals surface area (Å²) >= 11 is 7.95. The van der Waals surface area contributed by atoms with Crippen LogP contribution in [-0.2, 0) is 4.79 Å². The lowest BCUT2D eigenvalue weighted by atomic mass is 9.96. The van der Waals surface area contributed by atoms with Crippen LogP contribution in [0.5, 0.6) is 5.75 Å². The Hall–Kier alpha value is -3.61. The van der Waals surface area contributed by atoms with E-state index in [1.165, 1.54) is 17.4 Å². The number of benzene rings is 2.